The number of aliphatic hydroxyl groups excluding tert-OH is 1. The standard InChI is InChI=1S/C16H23F2N3O/c17-16(18)5-8-20(9-10-22)12-15(16)4-7-21(13-15)11-14-3-1-2-6-19-14/h1-3,6,22H,4-5,7-13H2/t15-/m0/s1. The monoisotopic (exact) mass is 311 g/mol. The molecule has 2 aliphatic rings. The third-order valence-corrected chi connectivity index (χ3v) is 5.01. The van der Waals surface area contributed by atoms with Crippen LogP contribution in [0.4, 0.5) is 8.78 Å². The average Bonchev–Trinajstić information content (AvgIpc) is 2.89. The molecule has 0 aromatic carbocycles. The Morgan fingerprint density at radius 2 is 1.91 bits per heavy atom. The number of piperidine rings is 1. The molecule has 1 aromatic heterocycles. The highest BCUT2D eigenvalue weighted by atomic mass is 19.3. The summed E-state index contributed by atoms with van der Waals surface area (Å²) in [5.74, 6) is -2.63. The largest absolute Gasteiger partial charge is 0.395 e. The first-order chi connectivity index (χ1) is 10.5. The van der Waals surface area contributed by atoms with Crippen LogP contribution in [0.3, 0.4) is 0 Å². The fourth-order valence-corrected chi connectivity index (χ4v) is 3.76. The van der Waals surface area contributed by atoms with E-state index in [-0.39, 0.29) is 13.0 Å². The molecule has 0 unspecified atom stereocenters. The molecule has 6 heteroatoms. The van der Waals surface area contributed by atoms with E-state index in [1.165, 1.54) is 0 Å². The topological polar surface area (TPSA) is 39.6 Å². The first kappa shape index (κ1) is 15.8. The second-order valence-electron chi connectivity index (χ2n) is 6.52. The molecule has 2 aliphatic heterocycles. The van der Waals surface area contributed by atoms with Gasteiger partial charge in [0.05, 0.1) is 17.7 Å². The van der Waals surface area contributed by atoms with Crippen LogP contribution in [-0.2, 0) is 6.54 Å². The van der Waals surface area contributed by atoms with E-state index in [2.05, 4.69) is 9.88 Å². The fraction of sp³-hybridized carbons (Fsp3) is 0.688. The minimum Gasteiger partial charge on any atom is -0.395 e. The lowest BCUT2D eigenvalue weighted by molar-refractivity contribution is -0.162. The van der Waals surface area contributed by atoms with E-state index in [4.69, 9.17) is 5.11 Å². The molecular formula is C16H23F2N3O. The molecule has 0 bridgehead atoms. The van der Waals surface area contributed by atoms with Gasteiger partial charge in [0.25, 0.3) is 5.92 Å². The first-order valence-corrected chi connectivity index (χ1v) is 7.88. The van der Waals surface area contributed by atoms with Gasteiger partial charge in [0.1, 0.15) is 0 Å². The summed E-state index contributed by atoms with van der Waals surface area (Å²) in [6.45, 7) is 2.96. The number of alkyl halides is 2. The van der Waals surface area contributed by atoms with Crippen LogP contribution < -0.4 is 0 Å². The molecule has 0 amide bonds. The van der Waals surface area contributed by atoms with Crippen LogP contribution in [0.5, 0.6) is 0 Å². The zero-order valence-electron chi connectivity index (χ0n) is 12.7. The number of hydrogen-bond donors (Lipinski definition) is 1. The van der Waals surface area contributed by atoms with Gasteiger partial charge in [-0.05, 0) is 25.1 Å². The maximum absolute atomic E-state index is 14.6. The summed E-state index contributed by atoms with van der Waals surface area (Å²) in [4.78, 5) is 8.34. The van der Waals surface area contributed by atoms with Gasteiger partial charge in [0.15, 0.2) is 0 Å². The number of hydrogen-bond acceptors (Lipinski definition) is 4. The second-order valence-corrected chi connectivity index (χ2v) is 6.52. The molecule has 0 saturated carbocycles. The summed E-state index contributed by atoms with van der Waals surface area (Å²) in [6, 6.07) is 5.71. The molecule has 2 saturated heterocycles. The summed E-state index contributed by atoms with van der Waals surface area (Å²) >= 11 is 0. The molecule has 1 aromatic rings. The van der Waals surface area contributed by atoms with Crippen LogP contribution in [0.25, 0.3) is 0 Å². The number of aliphatic hydroxyl groups is 1. The lowest BCUT2D eigenvalue weighted by atomic mass is 9.75. The molecule has 122 valence electrons. The van der Waals surface area contributed by atoms with Crippen molar-refractivity contribution in [1.82, 2.24) is 14.8 Å². The predicted octanol–water partition coefficient (Wildman–Crippen LogP) is 1.61. The molecule has 1 spiro atoms. The Balaban J connectivity index is 1.69. The number of β-amino-alcohol motifs (C(OH)–C–C–N with tert-alkyl or cyclic N) is 1. The molecule has 0 aliphatic carbocycles. The number of nitrogens with zero attached hydrogens (tertiary/aromatic N) is 3. The van der Waals surface area contributed by atoms with E-state index in [1.807, 2.05) is 23.1 Å². The van der Waals surface area contributed by atoms with Crippen LogP contribution in [0.2, 0.25) is 0 Å². The van der Waals surface area contributed by atoms with Gasteiger partial charge < -0.3 is 10.0 Å². The Kier molecular flexibility index (Phi) is 4.43. The van der Waals surface area contributed by atoms with Crippen molar-refractivity contribution < 1.29 is 13.9 Å². The normalized spacial score (nSPS) is 29.2. The van der Waals surface area contributed by atoms with Gasteiger partial charge in [-0.2, -0.15) is 0 Å². The highest BCUT2D eigenvalue weighted by Crippen LogP contribution is 2.49. The quantitative estimate of drug-likeness (QED) is 0.917. The van der Waals surface area contributed by atoms with E-state index in [0.29, 0.717) is 45.7 Å². The van der Waals surface area contributed by atoms with Crippen molar-refractivity contribution in [2.75, 3.05) is 39.3 Å². The predicted molar refractivity (Wildman–Crippen MR) is 79.7 cm³/mol. The summed E-state index contributed by atoms with van der Waals surface area (Å²) in [5, 5.41) is 9.08. The zero-order valence-corrected chi connectivity index (χ0v) is 12.7. The third kappa shape index (κ3) is 3.00. The van der Waals surface area contributed by atoms with E-state index >= 15 is 0 Å². The van der Waals surface area contributed by atoms with E-state index in [1.54, 1.807) is 6.20 Å². The number of halogens is 2. The molecule has 1 N–H and O–H groups in total. The molecule has 1 atom stereocenters. The van der Waals surface area contributed by atoms with Gasteiger partial charge in [-0.3, -0.25) is 9.88 Å². The summed E-state index contributed by atoms with van der Waals surface area (Å²) < 4.78 is 29.1. The highest BCUT2D eigenvalue weighted by Gasteiger charge is 2.58. The van der Waals surface area contributed by atoms with Crippen LogP contribution in [-0.4, -0.2) is 65.1 Å². The Bertz CT molecular complexity index is 499. The fourth-order valence-electron chi connectivity index (χ4n) is 3.76. The molecular weight excluding hydrogens is 288 g/mol. The van der Waals surface area contributed by atoms with Gasteiger partial charge in [-0.15, -0.1) is 0 Å². The number of aromatic nitrogens is 1. The Morgan fingerprint density at radius 3 is 2.64 bits per heavy atom. The smallest absolute Gasteiger partial charge is 0.257 e. The summed E-state index contributed by atoms with van der Waals surface area (Å²) in [5.41, 5.74) is -0.0549. The van der Waals surface area contributed by atoms with Crippen LogP contribution in [0.1, 0.15) is 18.5 Å². The summed E-state index contributed by atoms with van der Waals surface area (Å²) in [6.07, 6.45) is 2.14. The third-order valence-electron chi connectivity index (χ3n) is 5.01. The molecule has 2 fully saturated rings. The summed E-state index contributed by atoms with van der Waals surface area (Å²) in [7, 11) is 0. The van der Waals surface area contributed by atoms with Gasteiger partial charge in [-0.25, -0.2) is 8.78 Å². The number of likely N-dealkylation sites (tertiary alicyclic amines) is 2. The van der Waals surface area contributed by atoms with Crippen LogP contribution in [0.15, 0.2) is 24.4 Å². The van der Waals surface area contributed by atoms with Crippen molar-refractivity contribution in [2.45, 2.75) is 25.3 Å². The Morgan fingerprint density at radius 1 is 1.14 bits per heavy atom. The molecule has 22 heavy (non-hydrogen) atoms. The Labute approximate surface area is 129 Å². The van der Waals surface area contributed by atoms with Crippen molar-refractivity contribution in [1.29, 1.82) is 0 Å². The van der Waals surface area contributed by atoms with Crippen LogP contribution in [0, 0.1) is 5.41 Å². The molecule has 4 nitrogen and oxygen atoms in total. The lowest BCUT2D eigenvalue weighted by Gasteiger charge is -2.46. The van der Waals surface area contributed by atoms with Gasteiger partial charge in [-0.1, -0.05) is 6.07 Å². The van der Waals surface area contributed by atoms with Crippen molar-refractivity contribution in [3.8, 4) is 0 Å². The zero-order chi connectivity index (χ0) is 15.6. The van der Waals surface area contributed by atoms with Crippen LogP contribution >= 0.6 is 0 Å². The first-order valence-electron chi connectivity index (χ1n) is 7.88. The number of pyridine rings is 1. The minimum absolute atomic E-state index is 0.0271. The van der Waals surface area contributed by atoms with Crippen molar-refractivity contribution >= 4 is 0 Å². The average molecular weight is 311 g/mol. The lowest BCUT2D eigenvalue weighted by Crippen LogP contribution is -2.57. The highest BCUT2D eigenvalue weighted by molar-refractivity contribution is 5.08. The van der Waals surface area contributed by atoms with Crippen molar-refractivity contribution in [3.63, 3.8) is 0 Å². The maximum atomic E-state index is 14.6. The molecule has 0 radical (unpaired) electrons. The second kappa shape index (κ2) is 6.18. The number of rotatable bonds is 4. The minimum atomic E-state index is -2.63. The maximum Gasteiger partial charge on any atom is 0.257 e. The van der Waals surface area contributed by atoms with E-state index < -0.39 is 11.3 Å². The molecule has 3 rings (SSSR count). The van der Waals surface area contributed by atoms with Gasteiger partial charge in [0, 0.05) is 45.3 Å². The Hall–Kier alpha value is -1.11. The van der Waals surface area contributed by atoms with E-state index in [9.17, 15) is 8.78 Å². The van der Waals surface area contributed by atoms with Gasteiger partial charge in [0.2, 0.25) is 0 Å². The molecule has 3 heterocycles. The van der Waals surface area contributed by atoms with Crippen molar-refractivity contribution in [2.24, 2.45) is 5.41 Å². The van der Waals surface area contributed by atoms with E-state index in [0.717, 1.165) is 5.69 Å². The SMILES string of the molecule is OCCN1CCC(F)(F)[C@@]2(CCN(Cc3ccccn3)C2)C1. The van der Waals surface area contributed by atoms with Crippen molar-refractivity contribution in [3.05, 3.63) is 30.1 Å². The van der Waals surface area contributed by atoms with Gasteiger partial charge >= 0.3 is 0 Å².